The summed E-state index contributed by atoms with van der Waals surface area (Å²) in [7, 11) is 0. The molecule has 0 aliphatic heterocycles. The highest BCUT2D eigenvalue weighted by atomic mass is 32.1. The zero-order chi connectivity index (χ0) is 17.3. The lowest BCUT2D eigenvalue weighted by Gasteiger charge is -2.13. The summed E-state index contributed by atoms with van der Waals surface area (Å²) < 4.78 is 7.59. The SMILES string of the molecule is Cc1cc(-c2csc(/C(C#N)=C/c3ccco3)n2)c(C)n1C(C)C. The molecular weight excluding hydrogens is 318 g/mol. The lowest BCUT2D eigenvalue weighted by Crippen LogP contribution is -2.04. The van der Waals surface area contributed by atoms with Crippen molar-refractivity contribution in [1.29, 1.82) is 5.26 Å². The Hall–Kier alpha value is -2.58. The molecule has 4 nitrogen and oxygen atoms in total. The van der Waals surface area contributed by atoms with E-state index in [0.29, 0.717) is 22.4 Å². The van der Waals surface area contributed by atoms with Crippen molar-refractivity contribution in [1.82, 2.24) is 9.55 Å². The van der Waals surface area contributed by atoms with E-state index in [1.165, 1.54) is 22.7 Å². The van der Waals surface area contributed by atoms with Gasteiger partial charge in [-0.15, -0.1) is 11.3 Å². The van der Waals surface area contributed by atoms with Crippen LogP contribution in [0.2, 0.25) is 0 Å². The van der Waals surface area contributed by atoms with Crippen LogP contribution in [-0.4, -0.2) is 9.55 Å². The number of rotatable bonds is 4. The third kappa shape index (κ3) is 2.93. The summed E-state index contributed by atoms with van der Waals surface area (Å²) in [6.07, 6.45) is 3.31. The molecule has 0 aliphatic rings. The Balaban J connectivity index is 2.00. The summed E-state index contributed by atoms with van der Waals surface area (Å²) in [5.74, 6) is 0.654. The summed E-state index contributed by atoms with van der Waals surface area (Å²) in [6.45, 7) is 8.58. The Morgan fingerprint density at radius 2 is 2.21 bits per heavy atom. The van der Waals surface area contributed by atoms with Gasteiger partial charge in [0.05, 0.1) is 17.5 Å². The Kier molecular flexibility index (Phi) is 4.41. The van der Waals surface area contributed by atoms with Crippen LogP contribution in [0, 0.1) is 25.2 Å². The zero-order valence-corrected chi connectivity index (χ0v) is 15.0. The molecule has 122 valence electrons. The topological polar surface area (TPSA) is 54.8 Å². The smallest absolute Gasteiger partial charge is 0.134 e. The quantitative estimate of drug-likeness (QED) is 0.593. The molecule has 0 aromatic carbocycles. The van der Waals surface area contributed by atoms with E-state index in [9.17, 15) is 5.26 Å². The molecule has 0 saturated carbocycles. The van der Waals surface area contributed by atoms with E-state index in [-0.39, 0.29) is 0 Å². The van der Waals surface area contributed by atoms with Gasteiger partial charge in [-0.1, -0.05) is 0 Å². The normalized spacial score (nSPS) is 11.9. The summed E-state index contributed by atoms with van der Waals surface area (Å²) in [5.41, 5.74) is 4.97. The molecule has 0 radical (unpaired) electrons. The van der Waals surface area contributed by atoms with Crippen molar-refractivity contribution < 1.29 is 4.42 Å². The van der Waals surface area contributed by atoms with Crippen molar-refractivity contribution in [3.05, 3.63) is 52.0 Å². The number of thiazole rings is 1. The van der Waals surface area contributed by atoms with E-state index in [4.69, 9.17) is 4.42 Å². The maximum Gasteiger partial charge on any atom is 0.134 e. The molecular formula is C19H19N3OS. The lowest BCUT2D eigenvalue weighted by molar-refractivity contribution is 0.557. The minimum atomic E-state index is 0.408. The van der Waals surface area contributed by atoms with Crippen molar-refractivity contribution in [2.24, 2.45) is 0 Å². The van der Waals surface area contributed by atoms with E-state index in [1.807, 2.05) is 11.4 Å². The van der Waals surface area contributed by atoms with E-state index < -0.39 is 0 Å². The molecule has 0 atom stereocenters. The molecule has 3 aromatic heterocycles. The number of aromatic nitrogens is 2. The third-order valence-corrected chi connectivity index (χ3v) is 4.84. The van der Waals surface area contributed by atoms with Crippen molar-refractivity contribution >= 4 is 23.0 Å². The molecule has 0 spiro atoms. The minimum absolute atomic E-state index is 0.408. The summed E-state index contributed by atoms with van der Waals surface area (Å²) in [5, 5.41) is 12.2. The minimum Gasteiger partial charge on any atom is -0.465 e. The van der Waals surface area contributed by atoms with Gasteiger partial charge < -0.3 is 8.98 Å². The van der Waals surface area contributed by atoms with Gasteiger partial charge in [0.25, 0.3) is 0 Å². The van der Waals surface area contributed by atoms with Gasteiger partial charge in [0.1, 0.15) is 16.8 Å². The van der Waals surface area contributed by atoms with Gasteiger partial charge in [-0.3, -0.25) is 0 Å². The lowest BCUT2D eigenvalue weighted by atomic mass is 10.2. The first kappa shape index (κ1) is 16.3. The molecule has 3 heterocycles. The van der Waals surface area contributed by atoms with E-state index in [0.717, 1.165) is 11.3 Å². The second kappa shape index (κ2) is 6.50. The molecule has 0 bridgehead atoms. The van der Waals surface area contributed by atoms with Gasteiger partial charge >= 0.3 is 0 Å². The second-order valence-corrected chi connectivity index (χ2v) is 6.83. The van der Waals surface area contributed by atoms with Crippen molar-refractivity contribution in [3.63, 3.8) is 0 Å². The monoisotopic (exact) mass is 337 g/mol. The van der Waals surface area contributed by atoms with Crippen molar-refractivity contribution in [3.8, 4) is 17.3 Å². The molecule has 5 heteroatoms. The third-order valence-electron chi connectivity index (χ3n) is 3.96. The van der Waals surface area contributed by atoms with Crippen molar-refractivity contribution in [2.45, 2.75) is 33.7 Å². The van der Waals surface area contributed by atoms with Crippen LogP contribution in [0.5, 0.6) is 0 Å². The predicted octanol–water partition coefficient (Wildman–Crippen LogP) is 5.47. The van der Waals surface area contributed by atoms with E-state index >= 15 is 0 Å². The fraction of sp³-hybridized carbons (Fsp3) is 0.263. The van der Waals surface area contributed by atoms with Gasteiger partial charge in [-0.2, -0.15) is 5.26 Å². The molecule has 0 aliphatic carbocycles. The van der Waals surface area contributed by atoms with Crippen LogP contribution in [-0.2, 0) is 0 Å². The van der Waals surface area contributed by atoms with Gasteiger partial charge in [0, 0.05) is 34.4 Å². The Morgan fingerprint density at radius 1 is 1.42 bits per heavy atom. The number of hydrogen-bond acceptors (Lipinski definition) is 4. The van der Waals surface area contributed by atoms with Crippen LogP contribution in [0.4, 0.5) is 0 Å². The van der Waals surface area contributed by atoms with Gasteiger partial charge in [0.2, 0.25) is 0 Å². The molecule has 0 N–H and O–H groups in total. The van der Waals surface area contributed by atoms with Crippen LogP contribution in [0.1, 0.15) is 42.0 Å². The molecule has 0 fully saturated rings. The first-order valence-corrected chi connectivity index (χ1v) is 8.69. The maximum absolute atomic E-state index is 9.44. The first-order chi connectivity index (χ1) is 11.5. The van der Waals surface area contributed by atoms with Crippen LogP contribution in [0.25, 0.3) is 22.9 Å². The summed E-state index contributed by atoms with van der Waals surface area (Å²) in [6, 6.07) is 8.41. The zero-order valence-electron chi connectivity index (χ0n) is 14.2. The number of aryl methyl sites for hydroxylation is 1. The summed E-state index contributed by atoms with van der Waals surface area (Å²) >= 11 is 1.48. The highest BCUT2D eigenvalue weighted by molar-refractivity contribution is 7.11. The Morgan fingerprint density at radius 3 is 2.79 bits per heavy atom. The van der Waals surface area contributed by atoms with Gasteiger partial charge in [-0.05, 0) is 45.9 Å². The van der Waals surface area contributed by atoms with Crippen LogP contribution in [0.15, 0.2) is 34.3 Å². The molecule has 0 unspecified atom stereocenters. The number of allylic oxidation sites excluding steroid dienone is 1. The molecule has 24 heavy (non-hydrogen) atoms. The van der Waals surface area contributed by atoms with Gasteiger partial charge in [-0.25, -0.2) is 4.98 Å². The molecule has 3 aromatic rings. The highest BCUT2D eigenvalue weighted by Gasteiger charge is 2.16. The maximum atomic E-state index is 9.44. The Labute approximate surface area is 145 Å². The average Bonchev–Trinajstić information content (AvgIpc) is 3.25. The van der Waals surface area contributed by atoms with Gasteiger partial charge in [0.15, 0.2) is 0 Å². The molecule has 0 saturated heterocycles. The number of nitrogens with zero attached hydrogens (tertiary/aromatic N) is 3. The fourth-order valence-electron chi connectivity index (χ4n) is 3.01. The number of furan rings is 1. The standard InChI is InChI=1S/C19H19N3OS/c1-12(2)22-13(3)8-17(14(22)4)18-11-24-19(21-18)15(10-20)9-16-6-5-7-23-16/h5-9,11-12H,1-4H3/b15-9+. The van der Waals surface area contributed by atoms with E-state index in [2.05, 4.69) is 49.4 Å². The Bertz CT molecular complexity index is 921. The second-order valence-electron chi connectivity index (χ2n) is 5.97. The largest absolute Gasteiger partial charge is 0.465 e. The number of nitriles is 1. The van der Waals surface area contributed by atoms with Crippen LogP contribution < -0.4 is 0 Å². The summed E-state index contributed by atoms with van der Waals surface area (Å²) in [4.78, 5) is 4.68. The average molecular weight is 337 g/mol. The fourth-order valence-corrected chi connectivity index (χ4v) is 3.80. The molecule has 0 amide bonds. The van der Waals surface area contributed by atoms with E-state index in [1.54, 1.807) is 18.4 Å². The van der Waals surface area contributed by atoms with Crippen molar-refractivity contribution in [2.75, 3.05) is 0 Å². The molecule has 3 rings (SSSR count). The number of hydrogen-bond donors (Lipinski definition) is 0. The first-order valence-electron chi connectivity index (χ1n) is 7.81. The predicted molar refractivity (Wildman–Crippen MR) is 97.6 cm³/mol. The van der Waals surface area contributed by atoms with Crippen LogP contribution >= 0.6 is 11.3 Å². The highest BCUT2D eigenvalue weighted by Crippen LogP contribution is 2.32. The van der Waals surface area contributed by atoms with Crippen LogP contribution in [0.3, 0.4) is 0 Å².